The number of rotatable bonds is 20. The van der Waals surface area contributed by atoms with Gasteiger partial charge >= 0.3 is 0 Å². The van der Waals surface area contributed by atoms with Gasteiger partial charge in [-0.25, -0.2) is 0 Å². The molecular weight excluding hydrogens is 957 g/mol. The van der Waals surface area contributed by atoms with Crippen LogP contribution in [0, 0.1) is 107 Å². The molecule has 0 radical (unpaired) electrons. The van der Waals surface area contributed by atoms with Crippen molar-refractivity contribution in [3.05, 3.63) is 50.6 Å². The maximum absolute atomic E-state index is 13.4. The number of aliphatic hydroxyl groups is 4. The SMILES string of the molecule is C=CCN(CC=C)CC1CC(C2NC(C3CCC(C)CC3C)NC(C3CCC(C)CC3C)N2)C(O)C(CC2CC(C3NC(C4CCC(C)CC4C)NC(C4CCC(C)CC4C)N3)C(O)C(CN(CC=C)CC=C)C2O)C1O. The van der Waals surface area contributed by atoms with Gasteiger partial charge in [0, 0.05) is 62.9 Å². The van der Waals surface area contributed by atoms with Crippen molar-refractivity contribution in [2.75, 3.05) is 39.3 Å². The standard InChI is InChI=1S/C65H116N8O4/c1-13-25-72(26-14-2)36-47-35-54(65-70-62(50-23-19-40(7)31-44(50)11)67-63(71-65)51-24-20-41(8)32-45(51)12)58(76)52(57(47)75)33-46-34-53(59(77)55(56(46)74)37-73(27-15-3)28-16-4)64-68-60(48-21-17-38(5)29-42(48)9)66-61(69-64)49-22-18-39(6)30-43(49)10/h13-16,38-71,74-77H,1-4,17-37H2,5-12H3. The first-order valence-electron chi connectivity index (χ1n) is 32.1. The molecule has 6 aliphatic carbocycles. The van der Waals surface area contributed by atoms with Crippen molar-refractivity contribution in [2.45, 2.75) is 213 Å². The van der Waals surface area contributed by atoms with Gasteiger partial charge in [-0.3, -0.25) is 41.7 Å². The number of nitrogens with zero attached hydrogens (tertiary/aromatic N) is 2. The molecule has 0 spiro atoms. The van der Waals surface area contributed by atoms with Gasteiger partial charge in [-0.2, -0.15) is 0 Å². The van der Waals surface area contributed by atoms with E-state index in [4.69, 9.17) is 0 Å². The Balaban J connectivity index is 1.14. The van der Waals surface area contributed by atoms with Crippen LogP contribution in [0.5, 0.6) is 0 Å². The minimum Gasteiger partial charge on any atom is -0.392 e. The lowest BCUT2D eigenvalue weighted by Gasteiger charge is -2.55. The van der Waals surface area contributed by atoms with Crippen LogP contribution in [-0.4, -0.2) is 131 Å². The predicted molar refractivity (Wildman–Crippen MR) is 317 cm³/mol. The van der Waals surface area contributed by atoms with E-state index in [9.17, 15) is 20.4 Å². The van der Waals surface area contributed by atoms with Gasteiger partial charge in [0.25, 0.3) is 0 Å². The molecule has 2 saturated heterocycles. The Labute approximate surface area is 469 Å². The third-order valence-electron chi connectivity index (χ3n) is 22.5. The fourth-order valence-electron chi connectivity index (χ4n) is 18.4. The zero-order chi connectivity index (χ0) is 55.2. The maximum atomic E-state index is 13.4. The second-order valence-electron chi connectivity index (χ2n) is 28.5. The second kappa shape index (κ2) is 28.2. The van der Waals surface area contributed by atoms with Crippen LogP contribution in [-0.2, 0) is 0 Å². The summed E-state index contributed by atoms with van der Waals surface area (Å²) < 4.78 is 0. The van der Waals surface area contributed by atoms with Crippen LogP contribution in [0.4, 0.5) is 0 Å². The third kappa shape index (κ3) is 14.8. The third-order valence-corrected chi connectivity index (χ3v) is 22.5. The molecule has 0 aromatic carbocycles. The van der Waals surface area contributed by atoms with E-state index in [1.54, 1.807) is 0 Å². The Hall–Kier alpha value is -1.52. The molecule has 440 valence electrons. The Kier molecular flexibility index (Phi) is 22.5. The summed E-state index contributed by atoms with van der Waals surface area (Å²) in [6, 6.07) is 0. The van der Waals surface area contributed by atoms with E-state index in [1.807, 2.05) is 24.3 Å². The van der Waals surface area contributed by atoms with Crippen LogP contribution >= 0.6 is 0 Å². The summed E-state index contributed by atoms with van der Waals surface area (Å²) in [7, 11) is 0. The molecule has 8 rings (SSSR count). The fraction of sp³-hybridized carbons (Fsp3) is 0.877. The summed E-state index contributed by atoms with van der Waals surface area (Å²) in [6.07, 6.45) is 20.8. The molecule has 0 aromatic heterocycles. The summed E-state index contributed by atoms with van der Waals surface area (Å²) in [5.74, 6) is 5.33. The van der Waals surface area contributed by atoms with Crippen molar-refractivity contribution in [3.8, 4) is 0 Å². The molecule has 12 heteroatoms. The highest BCUT2D eigenvalue weighted by atomic mass is 16.3. The lowest BCUT2D eigenvalue weighted by Crippen LogP contribution is -2.75. The van der Waals surface area contributed by atoms with Crippen LogP contribution in [0.15, 0.2) is 50.6 Å². The zero-order valence-electron chi connectivity index (χ0n) is 49.8. The van der Waals surface area contributed by atoms with Crippen LogP contribution in [0.2, 0.25) is 0 Å². The largest absolute Gasteiger partial charge is 0.392 e. The number of hydrogen-bond donors (Lipinski definition) is 10. The smallest absolute Gasteiger partial charge is 0.0661 e. The minimum absolute atomic E-state index is 0.101. The first-order valence-corrected chi connectivity index (χ1v) is 32.1. The summed E-state index contributed by atoms with van der Waals surface area (Å²) in [4.78, 5) is 4.58. The first-order chi connectivity index (χ1) is 36.9. The molecule has 8 aliphatic rings. The Morgan fingerprint density at radius 2 is 0.636 bits per heavy atom. The lowest BCUT2D eigenvalue weighted by molar-refractivity contribution is -0.147. The van der Waals surface area contributed by atoms with E-state index in [0.29, 0.717) is 106 Å². The summed E-state index contributed by atoms with van der Waals surface area (Å²) in [5, 5.41) is 77.5. The molecule has 0 bridgehead atoms. The Bertz CT molecular complexity index is 1770. The molecule has 6 saturated carbocycles. The fourth-order valence-corrected chi connectivity index (χ4v) is 18.4. The van der Waals surface area contributed by atoms with Crippen molar-refractivity contribution in [2.24, 2.45) is 107 Å². The molecule has 0 amide bonds. The molecule has 26 unspecified atom stereocenters. The van der Waals surface area contributed by atoms with Crippen LogP contribution in [0.3, 0.4) is 0 Å². The average Bonchev–Trinajstić information content (AvgIpc) is 3.43. The van der Waals surface area contributed by atoms with Gasteiger partial charge in [0.2, 0.25) is 0 Å². The molecule has 77 heavy (non-hydrogen) atoms. The minimum atomic E-state index is -0.850. The first kappa shape index (κ1) is 61.5. The van der Waals surface area contributed by atoms with Crippen molar-refractivity contribution >= 4 is 0 Å². The van der Waals surface area contributed by atoms with E-state index in [2.05, 4.69) is 123 Å². The number of nitrogens with one attached hydrogen (secondary N) is 6. The van der Waals surface area contributed by atoms with Gasteiger partial charge in [0.15, 0.2) is 0 Å². The zero-order valence-corrected chi connectivity index (χ0v) is 49.8. The molecule has 2 heterocycles. The summed E-state index contributed by atoms with van der Waals surface area (Å²) >= 11 is 0. The summed E-state index contributed by atoms with van der Waals surface area (Å²) in [5.41, 5.74) is 0. The molecule has 2 aliphatic heterocycles. The molecule has 12 nitrogen and oxygen atoms in total. The van der Waals surface area contributed by atoms with Crippen LogP contribution in [0.25, 0.3) is 0 Å². The van der Waals surface area contributed by atoms with Crippen molar-refractivity contribution in [3.63, 3.8) is 0 Å². The van der Waals surface area contributed by atoms with Crippen molar-refractivity contribution in [1.29, 1.82) is 0 Å². The second-order valence-corrected chi connectivity index (χ2v) is 28.5. The quantitative estimate of drug-likeness (QED) is 0.0532. The van der Waals surface area contributed by atoms with Gasteiger partial charge in [0.1, 0.15) is 0 Å². The van der Waals surface area contributed by atoms with Gasteiger partial charge in [-0.1, -0.05) is 105 Å². The molecule has 0 aromatic rings. The van der Waals surface area contributed by atoms with Gasteiger partial charge in [-0.05, 0) is 153 Å². The number of hydrogen-bond acceptors (Lipinski definition) is 12. The monoisotopic (exact) mass is 1070 g/mol. The maximum Gasteiger partial charge on any atom is 0.0661 e. The molecule has 26 atom stereocenters. The number of aliphatic hydroxyl groups excluding tert-OH is 4. The van der Waals surface area contributed by atoms with Gasteiger partial charge in [-0.15, -0.1) is 26.3 Å². The Morgan fingerprint density at radius 3 is 0.961 bits per heavy atom. The molecule has 8 fully saturated rings. The highest BCUT2D eigenvalue weighted by Crippen LogP contribution is 2.48. The van der Waals surface area contributed by atoms with Crippen molar-refractivity contribution < 1.29 is 20.4 Å². The normalized spacial score (nSPS) is 48.3. The highest BCUT2D eigenvalue weighted by Gasteiger charge is 2.55. The molecular formula is C65H116N8O4. The van der Waals surface area contributed by atoms with Crippen molar-refractivity contribution in [1.82, 2.24) is 41.7 Å². The van der Waals surface area contributed by atoms with E-state index in [-0.39, 0.29) is 60.7 Å². The molecule has 10 N–H and O–H groups in total. The predicted octanol–water partition coefficient (Wildman–Crippen LogP) is 8.48. The Morgan fingerprint density at radius 1 is 0.351 bits per heavy atom. The lowest BCUT2D eigenvalue weighted by atomic mass is 9.62. The highest BCUT2D eigenvalue weighted by molar-refractivity contribution is 5.07. The van der Waals surface area contributed by atoms with E-state index >= 15 is 0 Å². The van der Waals surface area contributed by atoms with E-state index in [1.165, 1.54) is 77.0 Å². The van der Waals surface area contributed by atoms with Gasteiger partial charge in [0.05, 0.1) is 61.4 Å². The van der Waals surface area contributed by atoms with Gasteiger partial charge < -0.3 is 20.4 Å². The topological polar surface area (TPSA) is 160 Å². The van der Waals surface area contributed by atoms with E-state index < -0.39 is 36.3 Å². The van der Waals surface area contributed by atoms with E-state index in [0.717, 1.165) is 23.7 Å². The van der Waals surface area contributed by atoms with Crippen LogP contribution in [0.1, 0.15) is 152 Å². The van der Waals surface area contributed by atoms with Crippen LogP contribution < -0.4 is 31.9 Å². The average molecular weight is 1070 g/mol. The summed E-state index contributed by atoms with van der Waals surface area (Å²) in [6.45, 7) is 39.6.